The van der Waals surface area contributed by atoms with Crippen LogP contribution in [0.2, 0.25) is 0 Å². The number of para-hydroxylation sites is 1. The first-order chi connectivity index (χ1) is 17.0. The molecule has 3 aromatic heterocycles. The van der Waals surface area contributed by atoms with Crippen molar-refractivity contribution in [2.75, 3.05) is 0 Å². The van der Waals surface area contributed by atoms with Crippen LogP contribution in [0.4, 0.5) is 0 Å². The molecule has 5 rings (SSSR count). The number of benzene rings is 2. The fraction of sp³-hybridized carbons (Fsp3) is 0.148. The van der Waals surface area contributed by atoms with E-state index in [2.05, 4.69) is 39.6 Å². The highest BCUT2D eigenvalue weighted by molar-refractivity contribution is 5.92. The Labute approximate surface area is 203 Å². The molecule has 1 amide bonds. The molecule has 0 atom stereocenters. The van der Waals surface area contributed by atoms with Gasteiger partial charge in [-0.1, -0.05) is 48.0 Å². The van der Waals surface area contributed by atoms with Gasteiger partial charge in [0.25, 0.3) is 5.78 Å². The molecule has 0 fully saturated rings. The van der Waals surface area contributed by atoms with Gasteiger partial charge in [-0.3, -0.25) is 9.20 Å². The first-order valence-electron chi connectivity index (χ1n) is 11.3. The first-order valence-corrected chi connectivity index (χ1v) is 11.3. The van der Waals surface area contributed by atoms with Gasteiger partial charge in [-0.2, -0.15) is 5.10 Å². The summed E-state index contributed by atoms with van der Waals surface area (Å²) < 4.78 is 3.67. The summed E-state index contributed by atoms with van der Waals surface area (Å²) in [4.78, 5) is 17.0. The summed E-state index contributed by atoms with van der Waals surface area (Å²) >= 11 is 0. The summed E-state index contributed by atoms with van der Waals surface area (Å²) in [5.74, 6) is 0.920. The average molecular weight is 464 g/mol. The van der Waals surface area contributed by atoms with Crippen LogP contribution in [0.1, 0.15) is 28.3 Å². The van der Waals surface area contributed by atoms with Gasteiger partial charge in [-0.25, -0.2) is 9.67 Å². The van der Waals surface area contributed by atoms with Crippen LogP contribution >= 0.6 is 0 Å². The summed E-state index contributed by atoms with van der Waals surface area (Å²) in [6.07, 6.45) is 5.23. The summed E-state index contributed by atoms with van der Waals surface area (Å²) in [6, 6.07) is 20.0. The van der Waals surface area contributed by atoms with Crippen LogP contribution in [-0.2, 0) is 11.3 Å². The number of fused-ring (bicyclic) bond motifs is 1. The molecule has 0 saturated carbocycles. The van der Waals surface area contributed by atoms with Gasteiger partial charge in [0, 0.05) is 34.8 Å². The van der Waals surface area contributed by atoms with Crippen molar-refractivity contribution in [1.82, 2.24) is 34.7 Å². The van der Waals surface area contributed by atoms with Crippen LogP contribution in [-0.4, -0.2) is 35.3 Å². The molecule has 8 heteroatoms. The van der Waals surface area contributed by atoms with Gasteiger partial charge < -0.3 is 5.32 Å². The second-order valence-electron chi connectivity index (χ2n) is 8.42. The molecule has 174 valence electrons. The quantitative estimate of drug-likeness (QED) is 0.381. The summed E-state index contributed by atoms with van der Waals surface area (Å²) in [5, 5.41) is 16.0. The van der Waals surface area contributed by atoms with Gasteiger partial charge in [0.15, 0.2) is 5.82 Å². The van der Waals surface area contributed by atoms with E-state index in [4.69, 9.17) is 5.10 Å². The molecular formula is C27H25N7O. The summed E-state index contributed by atoms with van der Waals surface area (Å²) in [5.41, 5.74) is 6.60. The Morgan fingerprint density at radius 2 is 1.77 bits per heavy atom. The fourth-order valence-corrected chi connectivity index (χ4v) is 3.96. The largest absolute Gasteiger partial charge is 0.345 e. The minimum atomic E-state index is -0.234. The van der Waals surface area contributed by atoms with Crippen LogP contribution in [0.3, 0.4) is 0 Å². The molecule has 3 heterocycles. The molecule has 35 heavy (non-hydrogen) atoms. The van der Waals surface area contributed by atoms with Crippen molar-refractivity contribution >= 4 is 17.8 Å². The van der Waals surface area contributed by atoms with Crippen molar-refractivity contribution in [2.24, 2.45) is 0 Å². The zero-order valence-electron chi connectivity index (χ0n) is 19.8. The highest BCUT2D eigenvalue weighted by Crippen LogP contribution is 2.25. The molecule has 2 aromatic carbocycles. The third-order valence-electron chi connectivity index (χ3n) is 5.68. The monoisotopic (exact) mass is 463 g/mol. The van der Waals surface area contributed by atoms with E-state index >= 15 is 0 Å². The van der Waals surface area contributed by atoms with E-state index in [0.717, 1.165) is 33.9 Å². The van der Waals surface area contributed by atoms with E-state index < -0.39 is 0 Å². The van der Waals surface area contributed by atoms with Crippen LogP contribution in [0.15, 0.2) is 72.9 Å². The molecule has 0 spiro atoms. The van der Waals surface area contributed by atoms with Gasteiger partial charge >= 0.3 is 0 Å². The Bertz CT molecular complexity index is 1530. The molecule has 0 aliphatic carbocycles. The topological polar surface area (TPSA) is 90.0 Å². The number of aromatic nitrogens is 6. The third kappa shape index (κ3) is 4.72. The Balaban J connectivity index is 1.38. The van der Waals surface area contributed by atoms with Crippen molar-refractivity contribution in [3.8, 4) is 16.9 Å². The lowest BCUT2D eigenvalue weighted by molar-refractivity contribution is -0.116. The molecule has 0 aliphatic rings. The number of nitrogens with one attached hydrogen (secondary N) is 1. The van der Waals surface area contributed by atoms with E-state index in [1.807, 2.05) is 77.7 Å². The number of hydrogen-bond donors (Lipinski definition) is 1. The van der Waals surface area contributed by atoms with Crippen LogP contribution in [0, 0.1) is 20.8 Å². The first kappa shape index (κ1) is 22.2. The number of rotatable bonds is 6. The maximum absolute atomic E-state index is 12.7. The molecule has 0 unspecified atom stereocenters. The summed E-state index contributed by atoms with van der Waals surface area (Å²) in [7, 11) is 0. The highest BCUT2D eigenvalue weighted by atomic mass is 16.1. The fourth-order valence-electron chi connectivity index (χ4n) is 3.96. The van der Waals surface area contributed by atoms with Gasteiger partial charge in [0.2, 0.25) is 5.91 Å². The molecule has 1 N–H and O–H groups in total. The lowest BCUT2D eigenvalue weighted by Gasteiger charge is -2.05. The van der Waals surface area contributed by atoms with Crippen molar-refractivity contribution in [1.29, 1.82) is 0 Å². The van der Waals surface area contributed by atoms with Gasteiger partial charge in [-0.15, -0.1) is 10.2 Å². The number of nitrogens with zero attached hydrogens (tertiary/aromatic N) is 6. The highest BCUT2D eigenvalue weighted by Gasteiger charge is 2.12. The van der Waals surface area contributed by atoms with Gasteiger partial charge in [0.05, 0.1) is 17.9 Å². The number of carbonyl (C=O) groups excluding carboxylic acids is 1. The van der Waals surface area contributed by atoms with Crippen molar-refractivity contribution in [3.63, 3.8) is 0 Å². The number of aryl methyl sites for hydroxylation is 3. The van der Waals surface area contributed by atoms with Crippen LogP contribution < -0.4 is 5.32 Å². The molecule has 0 radical (unpaired) electrons. The Morgan fingerprint density at radius 3 is 2.54 bits per heavy atom. The molecule has 0 bridgehead atoms. The Morgan fingerprint density at radius 1 is 1.00 bits per heavy atom. The maximum Gasteiger partial charge on any atom is 0.255 e. The van der Waals surface area contributed by atoms with E-state index in [9.17, 15) is 4.79 Å². The lowest BCUT2D eigenvalue weighted by atomic mass is 10.1. The minimum absolute atomic E-state index is 0.234. The van der Waals surface area contributed by atoms with Gasteiger partial charge in [-0.05, 0) is 45.0 Å². The van der Waals surface area contributed by atoms with Crippen LogP contribution in [0.5, 0.6) is 0 Å². The second kappa shape index (κ2) is 9.34. The molecular weight excluding hydrogens is 438 g/mol. The van der Waals surface area contributed by atoms with E-state index in [1.165, 1.54) is 11.6 Å². The third-order valence-corrected chi connectivity index (χ3v) is 5.68. The number of hydrogen-bond acceptors (Lipinski definition) is 5. The zero-order chi connectivity index (χ0) is 24.4. The van der Waals surface area contributed by atoms with Gasteiger partial charge in [0.1, 0.15) is 0 Å². The molecule has 5 aromatic rings. The Hall–Kier alpha value is -4.59. The molecule has 0 saturated heterocycles. The summed E-state index contributed by atoms with van der Waals surface area (Å²) in [6.45, 7) is 6.17. The predicted octanol–water partition coefficient (Wildman–Crippen LogP) is 4.23. The zero-order valence-corrected chi connectivity index (χ0v) is 19.8. The standard InChI is InChI=1S/C27H25N7O/c1-18-9-11-21(12-10-18)26-22(17-33(32-26)23-7-5-4-6-8-23)13-14-25(35)28-16-24-30-31-27-29-19(2)15-20(3)34(24)27/h4-15,17H,16H2,1-3H3,(H,28,35)/b14-13+. The average Bonchev–Trinajstić information content (AvgIpc) is 3.47. The van der Waals surface area contributed by atoms with E-state index in [-0.39, 0.29) is 12.5 Å². The number of amides is 1. The van der Waals surface area contributed by atoms with Crippen molar-refractivity contribution in [2.45, 2.75) is 27.3 Å². The van der Waals surface area contributed by atoms with Crippen LogP contribution in [0.25, 0.3) is 28.8 Å². The van der Waals surface area contributed by atoms with E-state index in [1.54, 1.807) is 6.08 Å². The minimum Gasteiger partial charge on any atom is -0.345 e. The van der Waals surface area contributed by atoms with E-state index in [0.29, 0.717) is 11.6 Å². The smallest absolute Gasteiger partial charge is 0.255 e. The molecule has 8 nitrogen and oxygen atoms in total. The number of carbonyl (C=O) groups is 1. The molecule has 0 aliphatic heterocycles. The predicted molar refractivity (Wildman–Crippen MR) is 135 cm³/mol. The van der Waals surface area contributed by atoms with Crippen molar-refractivity contribution in [3.05, 3.63) is 101 Å². The second-order valence-corrected chi connectivity index (χ2v) is 8.42. The normalized spacial score (nSPS) is 11.4. The maximum atomic E-state index is 12.7. The van der Waals surface area contributed by atoms with Crippen molar-refractivity contribution < 1.29 is 4.79 Å². The SMILES string of the molecule is Cc1ccc(-c2nn(-c3ccccc3)cc2/C=C/C(=O)NCc2nnc3nc(C)cc(C)n23)cc1. The lowest BCUT2D eigenvalue weighted by Crippen LogP contribution is -2.22. The Kier molecular flexibility index (Phi) is 5.93.